The maximum Gasteiger partial charge on any atom is 0.241 e. The van der Waals surface area contributed by atoms with E-state index < -0.39 is 10.0 Å². The Kier molecular flexibility index (Phi) is 5.52. The SMILES string of the molecule is CCC(C)(CC)NS(=O)(=O)c1ccc(CNC)cc1. The van der Waals surface area contributed by atoms with Gasteiger partial charge >= 0.3 is 0 Å². The van der Waals surface area contributed by atoms with Gasteiger partial charge in [-0.15, -0.1) is 0 Å². The van der Waals surface area contributed by atoms with Gasteiger partial charge in [0.1, 0.15) is 0 Å². The Morgan fingerprint density at radius 1 is 1.11 bits per heavy atom. The molecule has 0 unspecified atom stereocenters. The molecule has 0 amide bonds. The smallest absolute Gasteiger partial charge is 0.241 e. The van der Waals surface area contributed by atoms with Gasteiger partial charge in [0.2, 0.25) is 10.0 Å². The average molecular weight is 284 g/mol. The number of sulfonamides is 1. The molecular weight excluding hydrogens is 260 g/mol. The molecule has 1 aromatic rings. The van der Waals surface area contributed by atoms with Crippen LogP contribution in [0.25, 0.3) is 0 Å². The number of hydrogen-bond donors (Lipinski definition) is 2. The third kappa shape index (κ3) is 4.30. The van der Waals surface area contributed by atoms with Gasteiger partial charge in [0.15, 0.2) is 0 Å². The van der Waals surface area contributed by atoms with Crippen molar-refractivity contribution < 1.29 is 8.42 Å². The first-order valence-electron chi connectivity index (χ1n) is 6.64. The van der Waals surface area contributed by atoms with E-state index in [1.807, 2.05) is 40.0 Å². The number of hydrogen-bond acceptors (Lipinski definition) is 3. The molecular formula is C14H24N2O2S. The summed E-state index contributed by atoms with van der Waals surface area (Å²) in [6, 6.07) is 6.97. The Hall–Kier alpha value is -0.910. The Morgan fingerprint density at radius 3 is 2.05 bits per heavy atom. The van der Waals surface area contributed by atoms with Crippen LogP contribution >= 0.6 is 0 Å². The van der Waals surface area contributed by atoms with Crippen LogP contribution in [0.1, 0.15) is 39.2 Å². The van der Waals surface area contributed by atoms with E-state index in [-0.39, 0.29) is 5.54 Å². The van der Waals surface area contributed by atoms with E-state index in [1.165, 1.54) is 0 Å². The quantitative estimate of drug-likeness (QED) is 0.807. The van der Waals surface area contributed by atoms with Gasteiger partial charge in [-0.25, -0.2) is 13.1 Å². The zero-order chi connectivity index (χ0) is 14.5. The summed E-state index contributed by atoms with van der Waals surface area (Å²) in [6.07, 6.45) is 1.53. The van der Waals surface area contributed by atoms with Crippen molar-refractivity contribution >= 4 is 10.0 Å². The molecule has 108 valence electrons. The lowest BCUT2D eigenvalue weighted by atomic mass is 9.98. The van der Waals surface area contributed by atoms with E-state index in [9.17, 15) is 8.42 Å². The summed E-state index contributed by atoms with van der Waals surface area (Å²) < 4.78 is 27.4. The fraction of sp³-hybridized carbons (Fsp3) is 0.571. The normalized spacial score (nSPS) is 12.6. The van der Waals surface area contributed by atoms with Crippen LogP contribution in [0, 0.1) is 0 Å². The molecule has 4 nitrogen and oxygen atoms in total. The first-order valence-corrected chi connectivity index (χ1v) is 8.12. The Morgan fingerprint density at radius 2 is 1.63 bits per heavy atom. The summed E-state index contributed by atoms with van der Waals surface area (Å²) in [7, 11) is -1.58. The first-order chi connectivity index (χ1) is 8.87. The van der Waals surface area contributed by atoms with E-state index in [1.54, 1.807) is 12.1 Å². The molecule has 0 bridgehead atoms. The molecule has 19 heavy (non-hydrogen) atoms. The fourth-order valence-electron chi connectivity index (χ4n) is 1.77. The van der Waals surface area contributed by atoms with Crippen LogP contribution in [0.3, 0.4) is 0 Å². The number of benzene rings is 1. The van der Waals surface area contributed by atoms with Gasteiger partial charge < -0.3 is 5.32 Å². The first kappa shape index (κ1) is 16.1. The molecule has 0 spiro atoms. The third-order valence-electron chi connectivity index (χ3n) is 3.56. The van der Waals surface area contributed by atoms with E-state index in [2.05, 4.69) is 10.0 Å². The van der Waals surface area contributed by atoms with E-state index in [0.29, 0.717) is 4.90 Å². The molecule has 0 heterocycles. The van der Waals surface area contributed by atoms with Gasteiger partial charge in [-0.3, -0.25) is 0 Å². The van der Waals surface area contributed by atoms with Crippen molar-refractivity contribution in [3.63, 3.8) is 0 Å². The van der Waals surface area contributed by atoms with Crippen LogP contribution in [0.2, 0.25) is 0 Å². The number of rotatable bonds is 7. The van der Waals surface area contributed by atoms with Crippen LogP contribution in [-0.4, -0.2) is 21.0 Å². The van der Waals surface area contributed by atoms with Crippen LogP contribution in [0.5, 0.6) is 0 Å². The minimum absolute atomic E-state index is 0.320. The van der Waals surface area contributed by atoms with Crippen molar-refractivity contribution in [1.29, 1.82) is 0 Å². The van der Waals surface area contributed by atoms with Gasteiger partial charge in [-0.05, 0) is 44.5 Å². The van der Waals surface area contributed by atoms with Gasteiger partial charge in [-0.2, -0.15) is 0 Å². The molecule has 0 aromatic heterocycles. The summed E-state index contributed by atoms with van der Waals surface area (Å²) in [4.78, 5) is 0.320. The molecule has 0 fully saturated rings. The minimum atomic E-state index is -3.44. The van der Waals surface area contributed by atoms with E-state index >= 15 is 0 Å². The van der Waals surface area contributed by atoms with Crippen molar-refractivity contribution in [2.45, 2.75) is 50.6 Å². The summed E-state index contributed by atoms with van der Waals surface area (Å²) in [5.41, 5.74) is 0.679. The molecule has 0 atom stereocenters. The van der Waals surface area contributed by atoms with Crippen LogP contribution in [0.15, 0.2) is 29.2 Å². The number of nitrogens with one attached hydrogen (secondary N) is 2. The molecule has 0 aliphatic carbocycles. The average Bonchev–Trinajstić information content (AvgIpc) is 2.39. The minimum Gasteiger partial charge on any atom is -0.316 e. The van der Waals surface area contributed by atoms with Gasteiger partial charge in [0, 0.05) is 12.1 Å². The summed E-state index contributed by atoms with van der Waals surface area (Å²) in [5.74, 6) is 0. The second-order valence-corrected chi connectivity index (χ2v) is 6.73. The van der Waals surface area contributed by atoms with E-state index in [4.69, 9.17) is 0 Å². The lowest BCUT2D eigenvalue weighted by Gasteiger charge is -2.27. The highest BCUT2D eigenvalue weighted by atomic mass is 32.2. The molecule has 2 N–H and O–H groups in total. The molecule has 0 saturated heterocycles. The largest absolute Gasteiger partial charge is 0.316 e. The van der Waals surface area contributed by atoms with Crippen molar-refractivity contribution in [3.05, 3.63) is 29.8 Å². The molecule has 0 radical (unpaired) electrons. The van der Waals surface area contributed by atoms with Crippen LogP contribution in [-0.2, 0) is 16.6 Å². The van der Waals surface area contributed by atoms with Crippen molar-refractivity contribution in [3.8, 4) is 0 Å². The molecule has 0 saturated carbocycles. The van der Waals surface area contributed by atoms with Crippen LogP contribution in [0.4, 0.5) is 0 Å². The maximum atomic E-state index is 12.3. The maximum absolute atomic E-state index is 12.3. The second kappa shape index (κ2) is 6.50. The third-order valence-corrected chi connectivity index (χ3v) is 5.21. The Bertz CT molecular complexity index is 491. The van der Waals surface area contributed by atoms with Crippen molar-refractivity contribution in [2.75, 3.05) is 7.05 Å². The summed E-state index contributed by atoms with van der Waals surface area (Å²) in [5, 5.41) is 3.03. The van der Waals surface area contributed by atoms with Crippen molar-refractivity contribution in [1.82, 2.24) is 10.0 Å². The van der Waals surface area contributed by atoms with Gasteiger partial charge in [0.25, 0.3) is 0 Å². The monoisotopic (exact) mass is 284 g/mol. The Balaban J connectivity index is 2.94. The Labute approximate surface area is 116 Å². The lowest BCUT2D eigenvalue weighted by Crippen LogP contribution is -2.44. The fourth-order valence-corrected chi connectivity index (χ4v) is 3.32. The predicted octanol–water partition coefficient (Wildman–Crippen LogP) is 2.26. The topological polar surface area (TPSA) is 58.2 Å². The zero-order valence-corrected chi connectivity index (χ0v) is 13.0. The van der Waals surface area contributed by atoms with Crippen LogP contribution < -0.4 is 10.0 Å². The lowest BCUT2D eigenvalue weighted by molar-refractivity contribution is 0.388. The van der Waals surface area contributed by atoms with E-state index in [0.717, 1.165) is 24.9 Å². The molecule has 1 rings (SSSR count). The highest BCUT2D eigenvalue weighted by Crippen LogP contribution is 2.19. The zero-order valence-electron chi connectivity index (χ0n) is 12.2. The summed E-state index contributed by atoms with van der Waals surface area (Å²) in [6.45, 7) is 6.64. The molecule has 5 heteroatoms. The highest BCUT2D eigenvalue weighted by molar-refractivity contribution is 7.89. The highest BCUT2D eigenvalue weighted by Gasteiger charge is 2.27. The molecule has 0 aliphatic heterocycles. The molecule has 0 aliphatic rings. The standard InChI is InChI=1S/C14H24N2O2S/c1-5-14(3,6-2)16-19(17,18)13-9-7-12(8-10-13)11-15-4/h7-10,15-16H,5-6,11H2,1-4H3. The predicted molar refractivity (Wildman–Crippen MR) is 78.5 cm³/mol. The van der Waals surface area contributed by atoms with Crippen molar-refractivity contribution in [2.24, 2.45) is 0 Å². The molecule has 1 aromatic carbocycles. The van der Waals surface area contributed by atoms with Gasteiger partial charge in [-0.1, -0.05) is 26.0 Å². The van der Waals surface area contributed by atoms with Gasteiger partial charge in [0.05, 0.1) is 4.90 Å². The summed E-state index contributed by atoms with van der Waals surface area (Å²) >= 11 is 0. The second-order valence-electron chi connectivity index (χ2n) is 5.05.